The van der Waals surface area contributed by atoms with E-state index in [0.29, 0.717) is 51.4 Å². The van der Waals surface area contributed by atoms with Gasteiger partial charge in [-0.15, -0.1) is 0 Å². The van der Waals surface area contributed by atoms with Crippen molar-refractivity contribution in [2.75, 3.05) is 72.6 Å². The Morgan fingerprint density at radius 1 is 0.571 bits per heavy atom. The number of hydrogen-bond acceptors (Lipinski definition) is 11. The number of carboxylic acids is 2. The molecule has 16 nitrogen and oxygen atoms in total. The zero-order valence-corrected chi connectivity index (χ0v) is 32.9. The van der Waals surface area contributed by atoms with E-state index in [-0.39, 0.29) is 82.1 Å². The van der Waals surface area contributed by atoms with Crippen molar-refractivity contribution < 1.29 is 62.7 Å². The molecule has 318 valence electrons. The zero-order valence-electron chi connectivity index (χ0n) is 32.9. The first-order chi connectivity index (χ1) is 27.2. The van der Waals surface area contributed by atoms with Crippen LogP contribution in [0.5, 0.6) is 5.75 Å². The summed E-state index contributed by atoms with van der Waals surface area (Å²) in [4.78, 5) is 68.8. The molecule has 56 heavy (non-hydrogen) atoms. The standard InChI is InChI=1S/C40H65N3O13/c44-23-27-54-29-28-52-26-22-42-38(47)32-55-31-30-53-25-21-41-36(45)20-19-35(40(50)51)43-37(46)14-12-10-8-6-4-2-1-3-5-7-9-11-13-24-56-34-17-15-33(16-18-34)39(48)49/h15-18,23,35H,1-14,19-22,24-32H2,(H,41,45)(H,42,47)(H,43,46)(H,48,49)(H,50,51)/t35-/m0/s1. The van der Waals surface area contributed by atoms with Crippen LogP contribution in [0.15, 0.2) is 24.3 Å². The summed E-state index contributed by atoms with van der Waals surface area (Å²) in [5.74, 6) is -2.39. The largest absolute Gasteiger partial charge is 0.494 e. The minimum absolute atomic E-state index is 0.0191. The van der Waals surface area contributed by atoms with Gasteiger partial charge in [0, 0.05) is 25.9 Å². The van der Waals surface area contributed by atoms with Crippen LogP contribution < -0.4 is 20.7 Å². The summed E-state index contributed by atoms with van der Waals surface area (Å²) in [6.45, 7) is 2.62. The molecule has 0 aliphatic rings. The molecule has 0 saturated heterocycles. The number of aromatic carboxylic acids is 1. The Hall–Kier alpha value is -4.12. The van der Waals surface area contributed by atoms with Crippen molar-refractivity contribution in [2.24, 2.45) is 0 Å². The molecule has 0 radical (unpaired) electrons. The van der Waals surface area contributed by atoms with Gasteiger partial charge in [0.05, 0.1) is 51.8 Å². The van der Waals surface area contributed by atoms with Gasteiger partial charge in [-0.2, -0.15) is 0 Å². The maximum Gasteiger partial charge on any atom is 0.335 e. The van der Waals surface area contributed by atoms with Crippen LogP contribution in [0, 0.1) is 0 Å². The lowest BCUT2D eigenvalue weighted by Crippen LogP contribution is -2.41. The Morgan fingerprint density at radius 3 is 1.64 bits per heavy atom. The lowest BCUT2D eigenvalue weighted by atomic mass is 10.0. The van der Waals surface area contributed by atoms with Crippen LogP contribution in [0.3, 0.4) is 0 Å². The number of rotatable bonds is 39. The fourth-order valence-electron chi connectivity index (χ4n) is 5.42. The molecule has 0 bridgehead atoms. The van der Waals surface area contributed by atoms with Crippen LogP contribution in [0.2, 0.25) is 0 Å². The van der Waals surface area contributed by atoms with E-state index >= 15 is 0 Å². The monoisotopic (exact) mass is 795 g/mol. The van der Waals surface area contributed by atoms with E-state index in [4.69, 9.17) is 28.8 Å². The van der Waals surface area contributed by atoms with Crippen molar-refractivity contribution in [2.45, 2.75) is 109 Å². The van der Waals surface area contributed by atoms with E-state index in [2.05, 4.69) is 16.0 Å². The number of hydrogen-bond donors (Lipinski definition) is 5. The average molecular weight is 796 g/mol. The third-order valence-corrected chi connectivity index (χ3v) is 8.51. The van der Waals surface area contributed by atoms with E-state index in [0.717, 1.165) is 32.1 Å². The lowest BCUT2D eigenvalue weighted by Gasteiger charge is -2.14. The predicted octanol–water partition coefficient (Wildman–Crippen LogP) is 4.07. The van der Waals surface area contributed by atoms with Crippen molar-refractivity contribution in [3.05, 3.63) is 29.8 Å². The lowest BCUT2D eigenvalue weighted by molar-refractivity contribution is -0.142. The smallest absolute Gasteiger partial charge is 0.335 e. The molecule has 0 aromatic heterocycles. The van der Waals surface area contributed by atoms with E-state index in [1.165, 1.54) is 44.9 Å². The average Bonchev–Trinajstić information content (AvgIpc) is 3.18. The summed E-state index contributed by atoms with van der Waals surface area (Å²) in [5.41, 5.74) is 0.253. The fourth-order valence-corrected chi connectivity index (χ4v) is 5.42. The molecule has 0 aliphatic heterocycles. The van der Waals surface area contributed by atoms with E-state index in [1.54, 1.807) is 24.3 Å². The van der Waals surface area contributed by atoms with E-state index < -0.39 is 18.0 Å². The second kappa shape index (κ2) is 35.3. The molecule has 0 fully saturated rings. The number of aldehydes is 1. The molecular formula is C40H65N3O13. The Kier molecular flexibility index (Phi) is 31.5. The second-order valence-corrected chi connectivity index (χ2v) is 13.2. The predicted molar refractivity (Wildman–Crippen MR) is 208 cm³/mol. The van der Waals surface area contributed by atoms with Crippen LogP contribution in [0.25, 0.3) is 0 Å². The van der Waals surface area contributed by atoms with Gasteiger partial charge in [0.15, 0.2) is 0 Å². The molecule has 5 N–H and O–H groups in total. The number of amides is 3. The maximum atomic E-state index is 12.3. The van der Waals surface area contributed by atoms with Gasteiger partial charge in [-0.25, -0.2) is 9.59 Å². The maximum absolute atomic E-state index is 12.3. The van der Waals surface area contributed by atoms with Crippen molar-refractivity contribution in [1.29, 1.82) is 0 Å². The Morgan fingerprint density at radius 2 is 1.09 bits per heavy atom. The zero-order chi connectivity index (χ0) is 40.9. The SMILES string of the molecule is O=CCOCCOCCNC(=O)COCCOCCNC(=O)CC[C@H](NC(=O)CCCCCCCCCCCCCCCOc1ccc(C(=O)O)cc1)C(=O)O. The number of unbranched alkanes of at least 4 members (excludes halogenated alkanes) is 12. The highest BCUT2D eigenvalue weighted by atomic mass is 16.5. The number of aliphatic carboxylic acids is 1. The first-order valence-electron chi connectivity index (χ1n) is 20.0. The topological polar surface area (TPSA) is 225 Å². The van der Waals surface area contributed by atoms with Crippen molar-refractivity contribution in [3.63, 3.8) is 0 Å². The van der Waals surface area contributed by atoms with Gasteiger partial charge >= 0.3 is 11.9 Å². The molecule has 1 aromatic carbocycles. The third kappa shape index (κ3) is 30.1. The summed E-state index contributed by atoms with van der Waals surface area (Å²) in [7, 11) is 0. The van der Waals surface area contributed by atoms with Crippen LogP contribution >= 0.6 is 0 Å². The van der Waals surface area contributed by atoms with Crippen LogP contribution in [0.1, 0.15) is 113 Å². The summed E-state index contributed by atoms with van der Waals surface area (Å²) in [6.07, 6.45) is 15.1. The van der Waals surface area contributed by atoms with E-state index in [9.17, 15) is 33.9 Å². The number of carbonyl (C=O) groups is 6. The normalized spacial score (nSPS) is 11.4. The fraction of sp³-hybridized carbons (Fsp3) is 0.700. The van der Waals surface area contributed by atoms with Gasteiger partial charge in [0.1, 0.15) is 31.3 Å². The quantitative estimate of drug-likeness (QED) is 0.0469. The molecule has 0 aliphatic carbocycles. The first kappa shape index (κ1) is 49.9. The van der Waals surface area contributed by atoms with Crippen LogP contribution in [-0.4, -0.2) is 125 Å². The molecule has 1 atom stereocenters. The number of carbonyl (C=O) groups excluding carboxylic acids is 4. The summed E-state index contributed by atoms with van der Waals surface area (Å²) in [6, 6.07) is 5.34. The molecule has 16 heteroatoms. The third-order valence-electron chi connectivity index (χ3n) is 8.51. The minimum atomic E-state index is -1.18. The Bertz CT molecular complexity index is 1220. The van der Waals surface area contributed by atoms with E-state index in [1.807, 2.05) is 0 Å². The second-order valence-electron chi connectivity index (χ2n) is 13.2. The number of carboxylic acid groups (broad SMARTS) is 2. The molecule has 3 amide bonds. The van der Waals surface area contributed by atoms with Gasteiger partial charge in [-0.05, 0) is 43.5 Å². The first-order valence-corrected chi connectivity index (χ1v) is 20.0. The highest BCUT2D eigenvalue weighted by Crippen LogP contribution is 2.15. The molecule has 0 unspecified atom stereocenters. The molecular weight excluding hydrogens is 730 g/mol. The van der Waals surface area contributed by atoms with Gasteiger partial charge in [-0.1, -0.05) is 70.6 Å². The Labute approximate surface area is 331 Å². The van der Waals surface area contributed by atoms with Crippen molar-refractivity contribution in [3.8, 4) is 5.75 Å². The van der Waals surface area contributed by atoms with Crippen LogP contribution in [-0.2, 0) is 42.9 Å². The highest BCUT2D eigenvalue weighted by Gasteiger charge is 2.20. The van der Waals surface area contributed by atoms with Gasteiger partial charge in [0.2, 0.25) is 17.7 Å². The van der Waals surface area contributed by atoms with Crippen molar-refractivity contribution >= 4 is 35.9 Å². The summed E-state index contributed by atoms with van der Waals surface area (Å²) >= 11 is 0. The van der Waals surface area contributed by atoms with Crippen molar-refractivity contribution in [1.82, 2.24) is 16.0 Å². The summed E-state index contributed by atoms with van der Waals surface area (Å²) in [5, 5.41) is 26.3. The van der Waals surface area contributed by atoms with Gasteiger partial charge < -0.3 is 54.6 Å². The Balaban J connectivity index is 1.91. The molecule has 1 rings (SSSR count). The van der Waals surface area contributed by atoms with Gasteiger partial charge in [0.25, 0.3) is 0 Å². The number of nitrogens with one attached hydrogen (secondary N) is 3. The molecule has 1 aromatic rings. The van der Waals surface area contributed by atoms with Gasteiger partial charge in [-0.3, -0.25) is 14.4 Å². The summed E-state index contributed by atoms with van der Waals surface area (Å²) < 4.78 is 26.4. The molecule has 0 heterocycles. The van der Waals surface area contributed by atoms with Crippen LogP contribution in [0.4, 0.5) is 0 Å². The number of benzene rings is 1. The molecule has 0 saturated carbocycles. The number of ether oxygens (including phenoxy) is 5. The highest BCUT2D eigenvalue weighted by molar-refractivity contribution is 5.87. The molecule has 0 spiro atoms. The minimum Gasteiger partial charge on any atom is -0.494 e.